The van der Waals surface area contributed by atoms with E-state index in [-0.39, 0.29) is 12.1 Å². The van der Waals surface area contributed by atoms with Crippen LogP contribution < -0.4 is 10.5 Å². The molecule has 3 heteroatoms. The smallest absolute Gasteiger partial charge is 0.124 e. The molecule has 0 bridgehead atoms. The first kappa shape index (κ1) is 12.4. The Morgan fingerprint density at radius 1 is 1.29 bits per heavy atom. The quantitative estimate of drug-likeness (QED) is 0.853. The SMILES string of the molecule is COc1ccccc1C(OC1CCC1)C(C)N. The summed E-state index contributed by atoms with van der Waals surface area (Å²) in [4.78, 5) is 0. The molecule has 0 aliphatic heterocycles. The molecule has 2 unspecified atom stereocenters. The van der Waals surface area contributed by atoms with E-state index in [0.29, 0.717) is 6.10 Å². The molecule has 1 aliphatic carbocycles. The van der Waals surface area contributed by atoms with Crippen LogP contribution >= 0.6 is 0 Å². The molecule has 2 rings (SSSR count). The number of ether oxygens (including phenoxy) is 2. The van der Waals surface area contributed by atoms with Crippen LogP contribution in [0.3, 0.4) is 0 Å². The highest BCUT2D eigenvalue weighted by atomic mass is 16.5. The lowest BCUT2D eigenvalue weighted by Gasteiger charge is -2.33. The van der Waals surface area contributed by atoms with Crippen molar-refractivity contribution in [3.63, 3.8) is 0 Å². The molecule has 17 heavy (non-hydrogen) atoms. The number of rotatable bonds is 5. The van der Waals surface area contributed by atoms with Gasteiger partial charge in [-0.05, 0) is 32.3 Å². The van der Waals surface area contributed by atoms with E-state index in [1.807, 2.05) is 31.2 Å². The van der Waals surface area contributed by atoms with Gasteiger partial charge < -0.3 is 15.2 Å². The van der Waals surface area contributed by atoms with Crippen LogP contribution in [-0.4, -0.2) is 19.3 Å². The maximum Gasteiger partial charge on any atom is 0.124 e. The van der Waals surface area contributed by atoms with Gasteiger partial charge in [-0.2, -0.15) is 0 Å². The van der Waals surface area contributed by atoms with Crippen molar-refractivity contribution in [2.45, 2.75) is 44.4 Å². The summed E-state index contributed by atoms with van der Waals surface area (Å²) in [5.74, 6) is 0.856. The van der Waals surface area contributed by atoms with Gasteiger partial charge in [-0.15, -0.1) is 0 Å². The molecule has 1 aliphatic rings. The van der Waals surface area contributed by atoms with Crippen LogP contribution in [0.2, 0.25) is 0 Å². The summed E-state index contributed by atoms with van der Waals surface area (Å²) in [7, 11) is 1.68. The van der Waals surface area contributed by atoms with E-state index in [1.54, 1.807) is 7.11 Å². The molecule has 0 aromatic heterocycles. The van der Waals surface area contributed by atoms with Crippen LogP contribution in [0.15, 0.2) is 24.3 Å². The van der Waals surface area contributed by atoms with Gasteiger partial charge in [-0.1, -0.05) is 18.2 Å². The predicted molar refractivity (Wildman–Crippen MR) is 68.1 cm³/mol. The molecular formula is C14H21NO2. The van der Waals surface area contributed by atoms with Crippen molar-refractivity contribution in [2.75, 3.05) is 7.11 Å². The highest BCUT2D eigenvalue weighted by Crippen LogP contribution is 2.34. The van der Waals surface area contributed by atoms with Crippen LogP contribution in [0, 0.1) is 0 Å². The molecule has 0 heterocycles. The Morgan fingerprint density at radius 3 is 2.53 bits per heavy atom. The van der Waals surface area contributed by atoms with Crippen LogP contribution in [0.25, 0.3) is 0 Å². The molecule has 0 amide bonds. The van der Waals surface area contributed by atoms with E-state index < -0.39 is 0 Å². The molecular weight excluding hydrogens is 214 g/mol. The number of methoxy groups -OCH3 is 1. The van der Waals surface area contributed by atoms with Crippen molar-refractivity contribution in [3.8, 4) is 5.75 Å². The highest BCUT2D eigenvalue weighted by Gasteiger charge is 2.27. The Bertz CT molecular complexity index is 361. The van der Waals surface area contributed by atoms with Gasteiger partial charge in [0.05, 0.1) is 13.2 Å². The molecule has 0 saturated heterocycles. The predicted octanol–water partition coefficient (Wildman–Crippen LogP) is 2.65. The van der Waals surface area contributed by atoms with Crippen molar-refractivity contribution in [1.82, 2.24) is 0 Å². The van der Waals surface area contributed by atoms with Crippen LogP contribution in [-0.2, 0) is 4.74 Å². The highest BCUT2D eigenvalue weighted by molar-refractivity contribution is 5.35. The van der Waals surface area contributed by atoms with Crippen molar-refractivity contribution in [1.29, 1.82) is 0 Å². The maximum absolute atomic E-state index is 6.07. The molecule has 0 spiro atoms. The number of hydrogen-bond acceptors (Lipinski definition) is 3. The lowest BCUT2D eigenvalue weighted by Crippen LogP contribution is -2.33. The van der Waals surface area contributed by atoms with E-state index in [2.05, 4.69) is 0 Å². The first-order valence-corrected chi connectivity index (χ1v) is 6.26. The molecule has 2 atom stereocenters. The zero-order valence-corrected chi connectivity index (χ0v) is 10.6. The summed E-state index contributed by atoms with van der Waals surface area (Å²) >= 11 is 0. The minimum atomic E-state index is -0.0727. The number of nitrogens with two attached hydrogens (primary N) is 1. The third-order valence-electron chi connectivity index (χ3n) is 3.31. The lowest BCUT2D eigenvalue weighted by atomic mass is 9.94. The lowest BCUT2D eigenvalue weighted by molar-refractivity contribution is -0.0618. The summed E-state index contributed by atoms with van der Waals surface area (Å²) in [6, 6.07) is 7.91. The first-order chi connectivity index (χ1) is 8.22. The topological polar surface area (TPSA) is 44.5 Å². The molecule has 1 fully saturated rings. The van der Waals surface area contributed by atoms with Gasteiger partial charge in [-0.25, -0.2) is 0 Å². The normalized spacial score (nSPS) is 19.5. The Kier molecular flexibility index (Phi) is 4.02. The monoisotopic (exact) mass is 235 g/mol. The number of para-hydroxylation sites is 1. The van der Waals surface area contributed by atoms with Gasteiger partial charge in [0.15, 0.2) is 0 Å². The second-order valence-electron chi connectivity index (χ2n) is 4.71. The van der Waals surface area contributed by atoms with Gasteiger partial charge in [0.2, 0.25) is 0 Å². The molecule has 3 nitrogen and oxygen atoms in total. The Morgan fingerprint density at radius 2 is 2.00 bits per heavy atom. The van der Waals surface area contributed by atoms with Crippen LogP contribution in [0.1, 0.15) is 37.9 Å². The molecule has 94 valence electrons. The van der Waals surface area contributed by atoms with Crippen LogP contribution in [0.4, 0.5) is 0 Å². The fourth-order valence-electron chi connectivity index (χ4n) is 2.10. The van der Waals surface area contributed by atoms with E-state index in [9.17, 15) is 0 Å². The van der Waals surface area contributed by atoms with Gasteiger partial charge >= 0.3 is 0 Å². The van der Waals surface area contributed by atoms with E-state index in [0.717, 1.165) is 24.2 Å². The summed E-state index contributed by atoms with van der Waals surface area (Å²) in [6.45, 7) is 1.98. The molecule has 0 radical (unpaired) electrons. The minimum Gasteiger partial charge on any atom is -0.496 e. The second-order valence-corrected chi connectivity index (χ2v) is 4.71. The Balaban J connectivity index is 2.18. The standard InChI is InChI=1S/C14H21NO2/c1-10(15)14(17-11-6-5-7-11)12-8-3-4-9-13(12)16-2/h3-4,8-11,14H,5-7,15H2,1-2H3. The van der Waals surface area contributed by atoms with Gasteiger partial charge in [0.1, 0.15) is 11.9 Å². The average molecular weight is 235 g/mol. The third-order valence-corrected chi connectivity index (χ3v) is 3.31. The fraction of sp³-hybridized carbons (Fsp3) is 0.571. The Hall–Kier alpha value is -1.06. The van der Waals surface area contributed by atoms with Gasteiger partial charge in [0, 0.05) is 11.6 Å². The van der Waals surface area contributed by atoms with Gasteiger partial charge in [0.25, 0.3) is 0 Å². The Labute approximate surface area is 103 Å². The van der Waals surface area contributed by atoms with E-state index in [4.69, 9.17) is 15.2 Å². The summed E-state index contributed by atoms with van der Waals surface area (Å²) in [6.07, 6.45) is 3.87. The number of benzene rings is 1. The van der Waals surface area contributed by atoms with Crippen molar-refractivity contribution >= 4 is 0 Å². The summed E-state index contributed by atoms with van der Waals surface area (Å²) in [5.41, 5.74) is 7.09. The minimum absolute atomic E-state index is 0.0353. The zero-order chi connectivity index (χ0) is 12.3. The maximum atomic E-state index is 6.07. The van der Waals surface area contributed by atoms with Gasteiger partial charge in [-0.3, -0.25) is 0 Å². The zero-order valence-electron chi connectivity index (χ0n) is 10.6. The second kappa shape index (κ2) is 5.52. The molecule has 2 N–H and O–H groups in total. The fourth-order valence-corrected chi connectivity index (χ4v) is 2.10. The first-order valence-electron chi connectivity index (χ1n) is 6.26. The van der Waals surface area contributed by atoms with Crippen LogP contribution in [0.5, 0.6) is 5.75 Å². The average Bonchev–Trinajstić information content (AvgIpc) is 2.27. The molecule has 1 aromatic rings. The van der Waals surface area contributed by atoms with E-state index >= 15 is 0 Å². The summed E-state index contributed by atoms with van der Waals surface area (Å²) < 4.78 is 11.4. The van der Waals surface area contributed by atoms with E-state index in [1.165, 1.54) is 6.42 Å². The largest absolute Gasteiger partial charge is 0.496 e. The molecule has 1 saturated carbocycles. The van der Waals surface area contributed by atoms with Crippen molar-refractivity contribution in [2.24, 2.45) is 5.73 Å². The number of hydrogen-bond donors (Lipinski definition) is 1. The van der Waals surface area contributed by atoms with Crippen molar-refractivity contribution < 1.29 is 9.47 Å². The third kappa shape index (κ3) is 2.79. The summed E-state index contributed by atoms with van der Waals surface area (Å²) in [5, 5.41) is 0. The van der Waals surface area contributed by atoms with Crippen molar-refractivity contribution in [3.05, 3.63) is 29.8 Å². The molecule has 1 aromatic carbocycles.